The van der Waals surface area contributed by atoms with Gasteiger partial charge in [0, 0.05) is 0 Å². The molecule has 0 radical (unpaired) electrons. The lowest BCUT2D eigenvalue weighted by molar-refractivity contribution is -0.188. The normalized spacial score (nSPS) is 43.8. The molecule has 0 bridgehead atoms. The Morgan fingerprint density at radius 3 is 2.29 bits per heavy atom. The summed E-state index contributed by atoms with van der Waals surface area (Å²) in [5, 5.41) is 28.0. The van der Waals surface area contributed by atoms with Crippen molar-refractivity contribution in [1.29, 1.82) is 0 Å². The summed E-state index contributed by atoms with van der Waals surface area (Å²) in [5.74, 6) is 0. The van der Waals surface area contributed by atoms with Crippen LogP contribution in [0.1, 0.15) is 0 Å². The van der Waals surface area contributed by atoms with Crippen LogP contribution in [0.5, 0.6) is 0 Å². The number of hydrogen-bond acceptors (Lipinski definition) is 6. The fraction of sp³-hybridized carbons (Fsp3) is 1.00. The van der Waals surface area contributed by atoms with Crippen LogP contribution in [0, 0.1) is 0 Å². The molecule has 2 fully saturated rings. The predicted octanol–water partition coefficient (Wildman–Crippen LogP) is -0.463. The van der Waals surface area contributed by atoms with Gasteiger partial charge in [-0.3, -0.25) is 0 Å². The molecular formula is C8H11Cl3O6. The van der Waals surface area contributed by atoms with Crippen molar-refractivity contribution in [3.05, 3.63) is 0 Å². The van der Waals surface area contributed by atoms with E-state index >= 15 is 0 Å². The van der Waals surface area contributed by atoms with Gasteiger partial charge in [0.25, 0.3) is 0 Å². The van der Waals surface area contributed by atoms with E-state index in [0.717, 1.165) is 0 Å². The summed E-state index contributed by atoms with van der Waals surface area (Å²) in [4.78, 5) is 0. The molecular weight excluding hydrogens is 298 g/mol. The van der Waals surface area contributed by atoms with Gasteiger partial charge in [0.1, 0.15) is 24.4 Å². The highest BCUT2D eigenvalue weighted by Gasteiger charge is 2.57. The van der Waals surface area contributed by atoms with E-state index < -0.39 is 47.4 Å². The van der Waals surface area contributed by atoms with Crippen molar-refractivity contribution in [2.45, 2.75) is 40.8 Å². The van der Waals surface area contributed by atoms with Crippen LogP contribution < -0.4 is 0 Å². The Kier molecular flexibility index (Phi) is 4.10. The summed E-state index contributed by atoms with van der Waals surface area (Å²) >= 11 is 16.7. The predicted molar refractivity (Wildman–Crippen MR) is 57.8 cm³/mol. The van der Waals surface area contributed by atoms with Crippen LogP contribution in [0.3, 0.4) is 0 Å². The Hall–Kier alpha value is 0.630. The molecule has 2 aliphatic heterocycles. The molecule has 100 valence electrons. The number of hydrogen-bond donors (Lipinski definition) is 3. The second kappa shape index (κ2) is 4.96. The number of halogens is 3. The smallest absolute Gasteiger partial charge is 0.241 e. The number of rotatable bonds is 2. The lowest BCUT2D eigenvalue weighted by atomic mass is 10.1. The lowest BCUT2D eigenvalue weighted by Crippen LogP contribution is -2.42. The second-order valence-corrected chi connectivity index (χ2v) is 6.19. The van der Waals surface area contributed by atoms with Gasteiger partial charge in [-0.2, -0.15) is 0 Å². The minimum Gasteiger partial charge on any atom is -0.394 e. The quantitative estimate of drug-likeness (QED) is 0.598. The lowest BCUT2D eigenvalue weighted by Gasteiger charge is -2.24. The number of fused-ring (bicyclic) bond motifs is 1. The first-order valence-electron chi connectivity index (χ1n) is 4.84. The molecule has 0 aromatic rings. The van der Waals surface area contributed by atoms with E-state index in [1.165, 1.54) is 0 Å². The number of ether oxygens (including phenoxy) is 3. The van der Waals surface area contributed by atoms with Crippen molar-refractivity contribution in [2.24, 2.45) is 0 Å². The zero-order valence-electron chi connectivity index (χ0n) is 8.37. The summed E-state index contributed by atoms with van der Waals surface area (Å²) in [7, 11) is 0. The first-order chi connectivity index (χ1) is 7.84. The van der Waals surface area contributed by atoms with E-state index in [1.807, 2.05) is 0 Å². The van der Waals surface area contributed by atoms with E-state index in [2.05, 4.69) is 0 Å². The maximum atomic E-state index is 9.81. The molecule has 2 rings (SSSR count). The zero-order chi connectivity index (χ0) is 12.8. The summed E-state index contributed by atoms with van der Waals surface area (Å²) < 4.78 is 13.8. The van der Waals surface area contributed by atoms with Gasteiger partial charge in [-0.1, -0.05) is 34.8 Å². The van der Waals surface area contributed by atoms with Crippen LogP contribution in [0.2, 0.25) is 0 Å². The van der Waals surface area contributed by atoms with Gasteiger partial charge in [0.2, 0.25) is 10.1 Å². The molecule has 0 aliphatic carbocycles. The van der Waals surface area contributed by atoms with Crippen LogP contribution in [-0.2, 0) is 14.2 Å². The Morgan fingerprint density at radius 1 is 1.18 bits per heavy atom. The zero-order valence-corrected chi connectivity index (χ0v) is 10.6. The summed E-state index contributed by atoms with van der Waals surface area (Å²) in [6.45, 7) is -0.547. The minimum absolute atomic E-state index is 0.547. The largest absolute Gasteiger partial charge is 0.394 e. The fourth-order valence-electron chi connectivity index (χ4n) is 1.79. The molecule has 0 aromatic heterocycles. The maximum absolute atomic E-state index is 9.81. The van der Waals surface area contributed by atoms with Crippen LogP contribution in [0.4, 0.5) is 0 Å². The Labute approximate surface area is 112 Å². The van der Waals surface area contributed by atoms with E-state index in [4.69, 9.17) is 54.1 Å². The summed E-state index contributed by atoms with van der Waals surface area (Å²) in [5.41, 5.74) is 0. The van der Waals surface area contributed by atoms with Gasteiger partial charge >= 0.3 is 0 Å². The SMILES string of the molecule is OCC(O)[C@H]1O[C@@H]2OC(C(Cl)(Cl)Cl)OC2C1O. The van der Waals surface area contributed by atoms with Crippen molar-refractivity contribution in [2.75, 3.05) is 6.61 Å². The van der Waals surface area contributed by atoms with Gasteiger partial charge in [0.05, 0.1) is 6.61 Å². The first-order valence-corrected chi connectivity index (χ1v) is 5.98. The van der Waals surface area contributed by atoms with E-state index in [0.29, 0.717) is 0 Å². The summed E-state index contributed by atoms with van der Waals surface area (Å²) in [6, 6.07) is 0. The third-order valence-corrected chi connectivity index (χ3v) is 3.14. The van der Waals surface area contributed by atoms with E-state index in [9.17, 15) is 10.2 Å². The molecule has 0 saturated carbocycles. The van der Waals surface area contributed by atoms with Crippen molar-refractivity contribution in [1.82, 2.24) is 0 Å². The second-order valence-electron chi connectivity index (χ2n) is 3.82. The fourth-order valence-corrected chi connectivity index (χ4v) is 2.10. The molecule has 2 aliphatic rings. The van der Waals surface area contributed by atoms with Gasteiger partial charge in [-0.15, -0.1) is 0 Å². The maximum Gasteiger partial charge on any atom is 0.241 e. The van der Waals surface area contributed by atoms with Gasteiger partial charge < -0.3 is 29.5 Å². The number of alkyl halides is 3. The van der Waals surface area contributed by atoms with Crippen molar-refractivity contribution in [3.63, 3.8) is 0 Å². The molecule has 0 amide bonds. The van der Waals surface area contributed by atoms with Crippen LogP contribution in [-0.4, -0.2) is 62.7 Å². The van der Waals surface area contributed by atoms with Crippen molar-refractivity contribution in [3.8, 4) is 0 Å². The molecule has 2 heterocycles. The van der Waals surface area contributed by atoms with Crippen molar-refractivity contribution >= 4 is 34.8 Å². The molecule has 4 unspecified atom stereocenters. The van der Waals surface area contributed by atoms with Gasteiger partial charge in [0.15, 0.2) is 6.29 Å². The van der Waals surface area contributed by atoms with Gasteiger partial charge in [-0.05, 0) is 0 Å². The van der Waals surface area contributed by atoms with Crippen molar-refractivity contribution < 1.29 is 29.5 Å². The van der Waals surface area contributed by atoms with E-state index in [1.54, 1.807) is 0 Å². The topological polar surface area (TPSA) is 88.4 Å². The Morgan fingerprint density at radius 2 is 1.82 bits per heavy atom. The average Bonchev–Trinajstić information content (AvgIpc) is 2.77. The Bertz CT molecular complexity index is 285. The highest BCUT2D eigenvalue weighted by atomic mass is 35.6. The van der Waals surface area contributed by atoms with Crippen LogP contribution >= 0.6 is 34.8 Å². The first kappa shape index (κ1) is 14.0. The molecule has 3 N–H and O–H groups in total. The average molecular weight is 310 g/mol. The van der Waals surface area contributed by atoms with Crippen LogP contribution in [0.25, 0.3) is 0 Å². The monoisotopic (exact) mass is 308 g/mol. The molecule has 6 nitrogen and oxygen atoms in total. The minimum atomic E-state index is -1.79. The molecule has 2 saturated heterocycles. The van der Waals surface area contributed by atoms with E-state index in [-0.39, 0.29) is 0 Å². The third-order valence-electron chi connectivity index (χ3n) is 2.60. The molecule has 0 spiro atoms. The molecule has 17 heavy (non-hydrogen) atoms. The Balaban J connectivity index is 2.01. The van der Waals surface area contributed by atoms with Crippen LogP contribution in [0.15, 0.2) is 0 Å². The number of aliphatic hydroxyl groups is 3. The molecule has 0 aromatic carbocycles. The summed E-state index contributed by atoms with van der Waals surface area (Å²) in [6.07, 6.45) is -6.33. The molecule has 6 atom stereocenters. The third kappa shape index (κ3) is 2.65. The standard InChI is InChI=1S/C8H11Cl3O6/c9-8(10,11)7-16-5-3(14)4(2(13)1-12)15-6(5)17-7/h2-7,12-14H,1H2/t2?,3?,4-,5?,6-,7?/m1/s1. The highest BCUT2D eigenvalue weighted by molar-refractivity contribution is 6.67. The highest BCUT2D eigenvalue weighted by Crippen LogP contribution is 2.42. The number of aliphatic hydroxyl groups excluding tert-OH is 3. The molecule has 9 heteroatoms. The van der Waals surface area contributed by atoms with Gasteiger partial charge in [-0.25, -0.2) is 0 Å².